The zero-order valence-electron chi connectivity index (χ0n) is 10.6. The van der Waals surface area contributed by atoms with E-state index < -0.39 is 0 Å². The SMILES string of the molecule is CCCC1(CNc2ncnc(CC)c2F)CC1. The van der Waals surface area contributed by atoms with Crippen LogP contribution in [0, 0.1) is 11.2 Å². The molecule has 0 bridgehead atoms. The van der Waals surface area contributed by atoms with Crippen LogP contribution in [0.25, 0.3) is 0 Å². The Balaban J connectivity index is 1.99. The summed E-state index contributed by atoms with van der Waals surface area (Å²) in [6.07, 6.45) is 6.94. The Morgan fingerprint density at radius 1 is 1.35 bits per heavy atom. The molecular formula is C13H20FN3. The quantitative estimate of drug-likeness (QED) is 0.825. The minimum absolute atomic E-state index is 0.290. The molecule has 0 saturated heterocycles. The van der Waals surface area contributed by atoms with Gasteiger partial charge in [-0.2, -0.15) is 0 Å². The fraction of sp³-hybridized carbons (Fsp3) is 0.692. The molecule has 0 unspecified atom stereocenters. The van der Waals surface area contributed by atoms with Crippen molar-refractivity contribution in [2.75, 3.05) is 11.9 Å². The number of aryl methyl sites for hydroxylation is 1. The van der Waals surface area contributed by atoms with Gasteiger partial charge in [0.25, 0.3) is 0 Å². The van der Waals surface area contributed by atoms with Crippen LogP contribution >= 0.6 is 0 Å². The molecule has 0 amide bonds. The second-order valence-corrected chi connectivity index (χ2v) is 4.94. The summed E-state index contributed by atoms with van der Waals surface area (Å²) in [5.41, 5.74) is 0.890. The van der Waals surface area contributed by atoms with Crippen molar-refractivity contribution in [2.24, 2.45) is 5.41 Å². The molecule has 4 heteroatoms. The van der Waals surface area contributed by atoms with E-state index in [0.29, 0.717) is 23.3 Å². The van der Waals surface area contributed by atoms with Gasteiger partial charge < -0.3 is 5.32 Å². The van der Waals surface area contributed by atoms with Gasteiger partial charge in [0, 0.05) is 6.54 Å². The van der Waals surface area contributed by atoms with Gasteiger partial charge in [0.05, 0.1) is 5.69 Å². The number of aromatic nitrogens is 2. The summed E-state index contributed by atoms with van der Waals surface area (Å²) in [5.74, 6) is 0.0709. The lowest BCUT2D eigenvalue weighted by atomic mass is 10.0. The molecule has 1 fully saturated rings. The van der Waals surface area contributed by atoms with Gasteiger partial charge in [-0.1, -0.05) is 20.3 Å². The average Bonchev–Trinajstić information content (AvgIpc) is 3.09. The first-order valence-corrected chi connectivity index (χ1v) is 6.44. The lowest BCUT2D eigenvalue weighted by Crippen LogP contribution is -2.17. The summed E-state index contributed by atoms with van der Waals surface area (Å²) < 4.78 is 13.9. The van der Waals surface area contributed by atoms with E-state index in [1.54, 1.807) is 0 Å². The Labute approximate surface area is 102 Å². The Morgan fingerprint density at radius 3 is 2.71 bits per heavy atom. The molecule has 1 heterocycles. The maximum absolute atomic E-state index is 13.9. The van der Waals surface area contributed by atoms with E-state index in [2.05, 4.69) is 22.2 Å². The monoisotopic (exact) mass is 237 g/mol. The second kappa shape index (κ2) is 4.98. The molecule has 94 valence electrons. The lowest BCUT2D eigenvalue weighted by Gasteiger charge is -2.15. The molecule has 0 spiro atoms. The molecule has 0 radical (unpaired) electrons. The molecular weight excluding hydrogens is 217 g/mol. The lowest BCUT2D eigenvalue weighted by molar-refractivity contribution is 0.482. The number of hydrogen-bond donors (Lipinski definition) is 1. The van der Waals surface area contributed by atoms with Gasteiger partial charge in [-0.25, -0.2) is 14.4 Å². The summed E-state index contributed by atoms with van der Waals surface area (Å²) in [7, 11) is 0. The van der Waals surface area contributed by atoms with Gasteiger partial charge in [-0.05, 0) is 31.1 Å². The van der Waals surface area contributed by atoms with E-state index in [1.165, 1.54) is 32.0 Å². The summed E-state index contributed by atoms with van der Waals surface area (Å²) in [6, 6.07) is 0. The number of hydrogen-bond acceptors (Lipinski definition) is 3. The maximum Gasteiger partial charge on any atom is 0.186 e. The molecule has 0 atom stereocenters. The van der Waals surface area contributed by atoms with Gasteiger partial charge in [-0.3, -0.25) is 0 Å². The van der Waals surface area contributed by atoms with Crippen LogP contribution in [0.15, 0.2) is 6.33 Å². The first-order valence-electron chi connectivity index (χ1n) is 6.44. The molecule has 17 heavy (non-hydrogen) atoms. The highest BCUT2D eigenvalue weighted by Crippen LogP contribution is 2.49. The van der Waals surface area contributed by atoms with Crippen molar-refractivity contribution in [3.63, 3.8) is 0 Å². The zero-order chi connectivity index (χ0) is 12.3. The van der Waals surface area contributed by atoms with E-state index in [1.807, 2.05) is 6.92 Å². The molecule has 0 aliphatic heterocycles. The Morgan fingerprint density at radius 2 is 2.12 bits per heavy atom. The average molecular weight is 237 g/mol. The highest BCUT2D eigenvalue weighted by atomic mass is 19.1. The molecule has 1 aliphatic rings. The molecule has 1 aliphatic carbocycles. The maximum atomic E-state index is 13.9. The van der Waals surface area contributed by atoms with Crippen LogP contribution in [0.3, 0.4) is 0 Å². The van der Waals surface area contributed by atoms with Gasteiger partial charge in [0.2, 0.25) is 0 Å². The number of rotatable bonds is 6. The molecule has 2 rings (SSSR count). The van der Waals surface area contributed by atoms with Crippen LogP contribution in [0.5, 0.6) is 0 Å². The minimum atomic E-state index is -0.290. The molecule has 3 nitrogen and oxygen atoms in total. The Bertz CT molecular complexity index is 388. The van der Waals surface area contributed by atoms with Crippen molar-refractivity contribution < 1.29 is 4.39 Å². The largest absolute Gasteiger partial charge is 0.367 e. The Kier molecular flexibility index (Phi) is 3.60. The van der Waals surface area contributed by atoms with Crippen LogP contribution in [0.1, 0.15) is 45.2 Å². The molecule has 1 N–H and O–H groups in total. The highest BCUT2D eigenvalue weighted by Gasteiger charge is 2.41. The number of nitrogens with one attached hydrogen (secondary N) is 1. The predicted octanol–water partition coefficient (Wildman–Crippen LogP) is 3.17. The normalized spacial score (nSPS) is 16.9. The van der Waals surface area contributed by atoms with Crippen LogP contribution < -0.4 is 5.32 Å². The third-order valence-electron chi connectivity index (χ3n) is 3.56. The van der Waals surface area contributed by atoms with Gasteiger partial charge in [0.15, 0.2) is 11.6 Å². The minimum Gasteiger partial charge on any atom is -0.367 e. The molecule has 1 saturated carbocycles. The van der Waals surface area contributed by atoms with Crippen molar-refractivity contribution in [2.45, 2.75) is 46.0 Å². The predicted molar refractivity (Wildman–Crippen MR) is 66.4 cm³/mol. The van der Waals surface area contributed by atoms with E-state index in [9.17, 15) is 4.39 Å². The standard InChI is InChI=1S/C13H20FN3/c1-3-5-13(6-7-13)8-15-12-11(14)10(4-2)16-9-17-12/h9H,3-8H2,1-2H3,(H,15,16,17). The van der Waals surface area contributed by atoms with Crippen molar-refractivity contribution in [3.05, 3.63) is 17.8 Å². The molecule has 1 aromatic heterocycles. The third-order valence-corrected chi connectivity index (χ3v) is 3.56. The van der Waals surface area contributed by atoms with E-state index in [0.717, 1.165) is 6.54 Å². The highest BCUT2D eigenvalue weighted by molar-refractivity contribution is 5.37. The van der Waals surface area contributed by atoms with Crippen LogP contribution in [-0.2, 0) is 6.42 Å². The molecule has 0 aromatic carbocycles. The van der Waals surface area contributed by atoms with Crippen LogP contribution in [0.4, 0.5) is 10.2 Å². The smallest absolute Gasteiger partial charge is 0.186 e. The summed E-state index contributed by atoms with van der Waals surface area (Å²) >= 11 is 0. The van der Waals surface area contributed by atoms with Crippen LogP contribution in [-0.4, -0.2) is 16.5 Å². The fourth-order valence-corrected chi connectivity index (χ4v) is 2.27. The molecule has 1 aromatic rings. The van der Waals surface area contributed by atoms with Gasteiger partial charge >= 0.3 is 0 Å². The van der Waals surface area contributed by atoms with E-state index >= 15 is 0 Å². The van der Waals surface area contributed by atoms with Crippen molar-refractivity contribution in [3.8, 4) is 0 Å². The van der Waals surface area contributed by atoms with Gasteiger partial charge in [0.1, 0.15) is 6.33 Å². The second-order valence-electron chi connectivity index (χ2n) is 4.94. The number of anilines is 1. The van der Waals surface area contributed by atoms with Gasteiger partial charge in [-0.15, -0.1) is 0 Å². The Hall–Kier alpha value is -1.19. The fourth-order valence-electron chi connectivity index (χ4n) is 2.27. The van der Waals surface area contributed by atoms with E-state index in [4.69, 9.17) is 0 Å². The first kappa shape index (κ1) is 12.3. The summed E-state index contributed by atoms with van der Waals surface area (Å²) in [4.78, 5) is 7.91. The number of nitrogens with zero attached hydrogens (tertiary/aromatic N) is 2. The van der Waals surface area contributed by atoms with Crippen molar-refractivity contribution in [1.29, 1.82) is 0 Å². The van der Waals surface area contributed by atoms with E-state index in [-0.39, 0.29) is 5.82 Å². The topological polar surface area (TPSA) is 37.8 Å². The first-order chi connectivity index (χ1) is 8.21. The van der Waals surface area contributed by atoms with Crippen LogP contribution in [0.2, 0.25) is 0 Å². The summed E-state index contributed by atoms with van der Waals surface area (Å²) in [6.45, 7) is 4.92. The van der Waals surface area contributed by atoms with Crippen molar-refractivity contribution in [1.82, 2.24) is 9.97 Å². The third kappa shape index (κ3) is 2.73. The zero-order valence-corrected chi connectivity index (χ0v) is 10.6. The summed E-state index contributed by atoms with van der Waals surface area (Å²) in [5, 5.41) is 3.15. The number of halogens is 1. The van der Waals surface area contributed by atoms with Crippen molar-refractivity contribution >= 4 is 5.82 Å².